The van der Waals surface area contributed by atoms with Gasteiger partial charge >= 0.3 is 0 Å². The largest absolute Gasteiger partial charge is 0.398 e. The molecule has 1 aromatic rings. The molecule has 0 aliphatic heterocycles. The average molecular weight is 283 g/mol. The first-order valence-electron chi connectivity index (χ1n) is 5.43. The maximum atomic E-state index is 5.76. The van der Waals surface area contributed by atoms with Crippen molar-refractivity contribution in [3.05, 3.63) is 40.9 Å². The normalized spacial score (nSPS) is 11.1. The zero-order valence-corrected chi connectivity index (χ0v) is 11.5. The van der Waals surface area contributed by atoms with E-state index in [1.54, 1.807) is 0 Å². The lowest BCUT2D eigenvalue weighted by Crippen LogP contribution is -2.30. The lowest BCUT2D eigenvalue weighted by atomic mass is 10.1. The predicted molar refractivity (Wildman–Crippen MR) is 74.3 cm³/mol. The van der Waals surface area contributed by atoms with Gasteiger partial charge in [0.25, 0.3) is 0 Å². The molecule has 0 aliphatic rings. The maximum absolute atomic E-state index is 5.76. The maximum Gasteiger partial charge on any atom is 0.0458 e. The van der Waals surface area contributed by atoms with Crippen molar-refractivity contribution >= 4 is 21.6 Å². The monoisotopic (exact) mass is 282 g/mol. The Morgan fingerprint density at radius 2 is 2.19 bits per heavy atom. The molecule has 0 radical (unpaired) electrons. The third-order valence-electron chi connectivity index (χ3n) is 2.54. The van der Waals surface area contributed by atoms with E-state index in [2.05, 4.69) is 53.4 Å². The number of benzene rings is 1. The standard InChI is InChI=1S/C13H19BrN2/c1-4-7-16(10(2)3)9-11-5-6-13(15)12(14)8-11/h4-6,8,10H,1,7,9,15H2,2-3H3. The highest BCUT2D eigenvalue weighted by atomic mass is 79.9. The average Bonchev–Trinajstić information content (AvgIpc) is 2.22. The molecule has 88 valence electrons. The number of hydrogen-bond donors (Lipinski definition) is 1. The highest BCUT2D eigenvalue weighted by Crippen LogP contribution is 2.21. The Balaban J connectivity index is 2.77. The second-order valence-corrected chi connectivity index (χ2v) is 5.02. The van der Waals surface area contributed by atoms with Crippen LogP contribution in [0, 0.1) is 0 Å². The minimum atomic E-state index is 0.509. The third-order valence-corrected chi connectivity index (χ3v) is 3.23. The summed E-state index contributed by atoms with van der Waals surface area (Å²) in [4.78, 5) is 2.35. The van der Waals surface area contributed by atoms with Crippen LogP contribution in [0.5, 0.6) is 0 Å². The summed E-state index contributed by atoms with van der Waals surface area (Å²) in [6.45, 7) is 9.99. The number of anilines is 1. The quantitative estimate of drug-likeness (QED) is 0.662. The summed E-state index contributed by atoms with van der Waals surface area (Å²) < 4.78 is 0.965. The lowest BCUT2D eigenvalue weighted by Gasteiger charge is -2.25. The first-order chi connectivity index (χ1) is 7.54. The number of nitrogen functional groups attached to an aromatic ring is 1. The van der Waals surface area contributed by atoms with Crippen LogP contribution >= 0.6 is 15.9 Å². The van der Waals surface area contributed by atoms with Crippen molar-refractivity contribution in [1.29, 1.82) is 0 Å². The van der Waals surface area contributed by atoms with Crippen LogP contribution in [0.15, 0.2) is 35.3 Å². The molecule has 2 N–H and O–H groups in total. The van der Waals surface area contributed by atoms with Crippen molar-refractivity contribution in [2.24, 2.45) is 0 Å². The molecule has 0 heterocycles. The third kappa shape index (κ3) is 3.65. The molecule has 0 amide bonds. The summed E-state index contributed by atoms with van der Waals surface area (Å²) in [5.74, 6) is 0. The summed E-state index contributed by atoms with van der Waals surface area (Å²) in [6.07, 6.45) is 1.94. The SMILES string of the molecule is C=CCN(Cc1ccc(N)c(Br)c1)C(C)C. The van der Waals surface area contributed by atoms with Crippen LogP contribution in [0.1, 0.15) is 19.4 Å². The highest BCUT2D eigenvalue weighted by Gasteiger charge is 2.08. The Morgan fingerprint density at radius 3 is 2.69 bits per heavy atom. The van der Waals surface area contributed by atoms with Crippen molar-refractivity contribution in [3.63, 3.8) is 0 Å². The van der Waals surface area contributed by atoms with E-state index in [1.807, 2.05) is 12.1 Å². The molecule has 2 nitrogen and oxygen atoms in total. The van der Waals surface area contributed by atoms with Gasteiger partial charge in [0.1, 0.15) is 0 Å². The van der Waals surface area contributed by atoms with E-state index < -0.39 is 0 Å². The van der Waals surface area contributed by atoms with Crippen LogP contribution < -0.4 is 5.73 Å². The first kappa shape index (κ1) is 13.3. The molecule has 0 saturated heterocycles. The van der Waals surface area contributed by atoms with Gasteiger partial charge in [0, 0.05) is 29.3 Å². The van der Waals surface area contributed by atoms with E-state index in [0.717, 1.165) is 23.2 Å². The molecular weight excluding hydrogens is 264 g/mol. The fourth-order valence-corrected chi connectivity index (χ4v) is 1.95. The molecule has 0 bridgehead atoms. The van der Waals surface area contributed by atoms with E-state index in [0.29, 0.717) is 6.04 Å². The summed E-state index contributed by atoms with van der Waals surface area (Å²) in [5.41, 5.74) is 7.80. The number of halogens is 1. The Hall–Kier alpha value is -0.800. The van der Waals surface area contributed by atoms with E-state index in [4.69, 9.17) is 5.73 Å². The summed E-state index contributed by atoms with van der Waals surface area (Å²) in [7, 11) is 0. The molecule has 0 aliphatic carbocycles. The van der Waals surface area contributed by atoms with Gasteiger partial charge in [0.15, 0.2) is 0 Å². The molecular formula is C13H19BrN2. The summed E-state index contributed by atoms with van der Waals surface area (Å²) >= 11 is 3.45. The molecule has 0 unspecified atom stereocenters. The molecule has 1 rings (SSSR count). The van der Waals surface area contributed by atoms with Crippen LogP contribution in [0.25, 0.3) is 0 Å². The molecule has 0 saturated carbocycles. The van der Waals surface area contributed by atoms with Gasteiger partial charge in [-0.15, -0.1) is 6.58 Å². The number of nitrogens with zero attached hydrogens (tertiary/aromatic N) is 1. The Bertz CT molecular complexity index is 361. The lowest BCUT2D eigenvalue weighted by molar-refractivity contribution is 0.237. The van der Waals surface area contributed by atoms with E-state index in [9.17, 15) is 0 Å². The van der Waals surface area contributed by atoms with Crippen molar-refractivity contribution in [2.75, 3.05) is 12.3 Å². The van der Waals surface area contributed by atoms with E-state index >= 15 is 0 Å². The van der Waals surface area contributed by atoms with Crippen molar-refractivity contribution in [1.82, 2.24) is 4.90 Å². The Labute approximate surface area is 106 Å². The molecule has 0 spiro atoms. The molecule has 16 heavy (non-hydrogen) atoms. The van der Waals surface area contributed by atoms with E-state index in [1.165, 1.54) is 5.56 Å². The fraction of sp³-hybridized carbons (Fsp3) is 0.385. The van der Waals surface area contributed by atoms with Crippen LogP contribution in [0.3, 0.4) is 0 Å². The van der Waals surface area contributed by atoms with Crippen LogP contribution in [-0.2, 0) is 6.54 Å². The molecule has 0 aromatic heterocycles. The van der Waals surface area contributed by atoms with Gasteiger partial charge in [-0.05, 0) is 47.5 Å². The highest BCUT2D eigenvalue weighted by molar-refractivity contribution is 9.10. The van der Waals surface area contributed by atoms with Crippen LogP contribution in [0.2, 0.25) is 0 Å². The summed E-state index contributed by atoms with van der Waals surface area (Å²) in [5, 5.41) is 0. The van der Waals surface area contributed by atoms with Gasteiger partial charge in [-0.3, -0.25) is 4.90 Å². The van der Waals surface area contributed by atoms with Gasteiger partial charge in [0.05, 0.1) is 0 Å². The zero-order valence-electron chi connectivity index (χ0n) is 9.91. The molecule has 0 atom stereocenters. The summed E-state index contributed by atoms with van der Waals surface area (Å²) in [6, 6.07) is 6.59. The molecule has 0 fully saturated rings. The van der Waals surface area contributed by atoms with Gasteiger partial charge in [0.2, 0.25) is 0 Å². The minimum absolute atomic E-state index is 0.509. The zero-order chi connectivity index (χ0) is 12.1. The van der Waals surface area contributed by atoms with Crippen molar-refractivity contribution in [2.45, 2.75) is 26.4 Å². The van der Waals surface area contributed by atoms with Crippen molar-refractivity contribution < 1.29 is 0 Å². The van der Waals surface area contributed by atoms with Gasteiger partial charge < -0.3 is 5.73 Å². The predicted octanol–water partition coefficient (Wildman–Crippen LogP) is 3.43. The minimum Gasteiger partial charge on any atom is -0.398 e. The molecule has 3 heteroatoms. The van der Waals surface area contributed by atoms with Crippen LogP contribution in [0.4, 0.5) is 5.69 Å². The Kier molecular flexibility index (Phi) is 5.03. The Morgan fingerprint density at radius 1 is 1.50 bits per heavy atom. The second-order valence-electron chi connectivity index (χ2n) is 4.17. The fourth-order valence-electron chi connectivity index (χ4n) is 1.53. The number of hydrogen-bond acceptors (Lipinski definition) is 2. The van der Waals surface area contributed by atoms with Gasteiger partial charge in [-0.1, -0.05) is 12.1 Å². The molecule has 1 aromatic carbocycles. The van der Waals surface area contributed by atoms with Gasteiger partial charge in [-0.2, -0.15) is 0 Å². The number of nitrogens with two attached hydrogens (primary N) is 1. The topological polar surface area (TPSA) is 29.3 Å². The van der Waals surface area contributed by atoms with Crippen molar-refractivity contribution in [3.8, 4) is 0 Å². The van der Waals surface area contributed by atoms with Gasteiger partial charge in [-0.25, -0.2) is 0 Å². The number of rotatable bonds is 5. The second kappa shape index (κ2) is 6.06. The van der Waals surface area contributed by atoms with Crippen LogP contribution in [-0.4, -0.2) is 17.5 Å². The first-order valence-corrected chi connectivity index (χ1v) is 6.22. The van der Waals surface area contributed by atoms with E-state index in [-0.39, 0.29) is 0 Å². The smallest absolute Gasteiger partial charge is 0.0458 e.